The predicted octanol–water partition coefficient (Wildman–Crippen LogP) is 2.61. The third-order valence-corrected chi connectivity index (χ3v) is 3.11. The fourth-order valence-corrected chi connectivity index (χ4v) is 1.98. The summed E-state index contributed by atoms with van der Waals surface area (Å²) >= 11 is 5.82. The second-order valence-electron chi connectivity index (χ2n) is 3.98. The van der Waals surface area contributed by atoms with Crippen LogP contribution in [0.1, 0.15) is 18.9 Å². The van der Waals surface area contributed by atoms with Gasteiger partial charge in [-0.15, -0.1) is 0 Å². The number of ether oxygens (including phenoxy) is 1. The van der Waals surface area contributed by atoms with E-state index in [9.17, 15) is 0 Å². The molecule has 1 aliphatic rings. The molecule has 15 heavy (non-hydrogen) atoms. The van der Waals surface area contributed by atoms with Crippen LogP contribution in [0.3, 0.4) is 0 Å². The number of benzene rings is 1. The highest BCUT2D eigenvalue weighted by atomic mass is 35.5. The molecular weight excluding hydrogens is 210 g/mol. The van der Waals surface area contributed by atoms with Crippen molar-refractivity contribution in [3.05, 3.63) is 34.9 Å². The molecule has 0 amide bonds. The van der Waals surface area contributed by atoms with Gasteiger partial charge < -0.3 is 10.1 Å². The Morgan fingerprint density at radius 2 is 2.13 bits per heavy atom. The molecule has 1 heterocycles. The van der Waals surface area contributed by atoms with E-state index in [1.54, 1.807) is 0 Å². The maximum absolute atomic E-state index is 5.82. The van der Waals surface area contributed by atoms with Crippen LogP contribution in [0.2, 0.25) is 5.02 Å². The largest absolute Gasteiger partial charge is 0.377 e. The Kier molecular flexibility index (Phi) is 3.62. The van der Waals surface area contributed by atoms with E-state index in [1.165, 1.54) is 5.56 Å². The molecule has 1 fully saturated rings. The molecule has 2 nitrogen and oxygen atoms in total. The standard InChI is InChI=1S/C12H16ClNO/c1-9-12(6-7-15-9)14-8-10-2-4-11(13)5-3-10/h2-5,9,12,14H,6-8H2,1H3. The van der Waals surface area contributed by atoms with Gasteiger partial charge in [0.05, 0.1) is 6.10 Å². The van der Waals surface area contributed by atoms with Gasteiger partial charge in [0, 0.05) is 24.2 Å². The zero-order valence-electron chi connectivity index (χ0n) is 8.87. The van der Waals surface area contributed by atoms with Gasteiger partial charge in [-0.1, -0.05) is 23.7 Å². The maximum atomic E-state index is 5.82. The van der Waals surface area contributed by atoms with Crippen LogP contribution in [0, 0.1) is 0 Å². The summed E-state index contributed by atoms with van der Waals surface area (Å²) in [5, 5.41) is 4.29. The number of nitrogens with one attached hydrogen (secondary N) is 1. The van der Waals surface area contributed by atoms with Crippen molar-refractivity contribution < 1.29 is 4.74 Å². The minimum absolute atomic E-state index is 0.331. The van der Waals surface area contributed by atoms with E-state index in [-0.39, 0.29) is 0 Å². The van der Waals surface area contributed by atoms with Gasteiger partial charge in [-0.25, -0.2) is 0 Å². The zero-order chi connectivity index (χ0) is 10.7. The maximum Gasteiger partial charge on any atom is 0.0700 e. The van der Waals surface area contributed by atoms with Crippen molar-refractivity contribution >= 4 is 11.6 Å². The van der Waals surface area contributed by atoms with Gasteiger partial charge in [0.1, 0.15) is 0 Å². The van der Waals surface area contributed by atoms with Crippen LogP contribution in [0.4, 0.5) is 0 Å². The Labute approximate surface area is 95.6 Å². The Hall–Kier alpha value is -0.570. The summed E-state index contributed by atoms with van der Waals surface area (Å²) < 4.78 is 5.49. The molecule has 0 spiro atoms. The predicted molar refractivity (Wildman–Crippen MR) is 62.1 cm³/mol. The first-order chi connectivity index (χ1) is 7.25. The molecular formula is C12H16ClNO. The average Bonchev–Trinajstić information content (AvgIpc) is 2.63. The highest BCUT2D eigenvalue weighted by molar-refractivity contribution is 6.30. The van der Waals surface area contributed by atoms with Gasteiger partial charge >= 0.3 is 0 Å². The first kappa shape index (κ1) is 10.9. The highest BCUT2D eigenvalue weighted by Gasteiger charge is 2.23. The monoisotopic (exact) mass is 225 g/mol. The smallest absolute Gasteiger partial charge is 0.0700 e. The average molecular weight is 226 g/mol. The Bertz CT molecular complexity index is 312. The van der Waals surface area contributed by atoms with Crippen LogP contribution in [-0.2, 0) is 11.3 Å². The molecule has 3 heteroatoms. The Balaban J connectivity index is 1.85. The SMILES string of the molecule is CC1OCCC1NCc1ccc(Cl)cc1. The van der Waals surface area contributed by atoms with Crippen LogP contribution >= 0.6 is 11.6 Å². The van der Waals surface area contributed by atoms with Gasteiger partial charge in [-0.05, 0) is 31.0 Å². The third kappa shape index (κ3) is 2.94. The molecule has 1 aromatic carbocycles. The summed E-state index contributed by atoms with van der Waals surface area (Å²) in [5.74, 6) is 0. The summed E-state index contributed by atoms with van der Waals surface area (Å²) in [5.41, 5.74) is 1.26. The van der Waals surface area contributed by atoms with Crippen molar-refractivity contribution in [2.45, 2.75) is 32.0 Å². The lowest BCUT2D eigenvalue weighted by Crippen LogP contribution is -2.34. The highest BCUT2D eigenvalue weighted by Crippen LogP contribution is 2.14. The van der Waals surface area contributed by atoms with Crippen molar-refractivity contribution in [2.75, 3.05) is 6.61 Å². The second-order valence-corrected chi connectivity index (χ2v) is 4.41. The van der Waals surface area contributed by atoms with E-state index in [0.717, 1.165) is 24.6 Å². The molecule has 0 saturated carbocycles. The number of rotatable bonds is 3. The molecule has 1 aliphatic heterocycles. The summed E-state index contributed by atoms with van der Waals surface area (Å²) in [4.78, 5) is 0. The minimum Gasteiger partial charge on any atom is -0.377 e. The Morgan fingerprint density at radius 1 is 1.40 bits per heavy atom. The number of halogens is 1. The number of hydrogen-bond donors (Lipinski definition) is 1. The fraction of sp³-hybridized carbons (Fsp3) is 0.500. The quantitative estimate of drug-likeness (QED) is 0.854. The molecule has 2 unspecified atom stereocenters. The van der Waals surface area contributed by atoms with Crippen molar-refractivity contribution in [2.24, 2.45) is 0 Å². The van der Waals surface area contributed by atoms with E-state index < -0.39 is 0 Å². The molecule has 0 bridgehead atoms. The molecule has 82 valence electrons. The van der Waals surface area contributed by atoms with E-state index in [0.29, 0.717) is 12.1 Å². The van der Waals surface area contributed by atoms with Crippen LogP contribution in [0.25, 0.3) is 0 Å². The van der Waals surface area contributed by atoms with E-state index in [4.69, 9.17) is 16.3 Å². The normalized spacial score (nSPS) is 25.7. The van der Waals surface area contributed by atoms with Gasteiger partial charge in [-0.3, -0.25) is 0 Å². The van der Waals surface area contributed by atoms with Crippen LogP contribution < -0.4 is 5.32 Å². The number of hydrogen-bond acceptors (Lipinski definition) is 2. The molecule has 2 atom stereocenters. The topological polar surface area (TPSA) is 21.3 Å². The molecule has 1 aromatic rings. The molecule has 0 aliphatic carbocycles. The van der Waals surface area contributed by atoms with E-state index >= 15 is 0 Å². The first-order valence-corrected chi connectivity index (χ1v) is 5.73. The lowest BCUT2D eigenvalue weighted by atomic mass is 10.1. The molecule has 2 rings (SSSR count). The van der Waals surface area contributed by atoms with E-state index in [2.05, 4.69) is 24.4 Å². The zero-order valence-corrected chi connectivity index (χ0v) is 9.63. The second kappa shape index (κ2) is 4.97. The summed E-state index contributed by atoms with van der Waals surface area (Å²) in [6.07, 6.45) is 1.44. The molecule has 0 radical (unpaired) electrons. The van der Waals surface area contributed by atoms with Gasteiger partial charge in [0.15, 0.2) is 0 Å². The van der Waals surface area contributed by atoms with Gasteiger partial charge in [0.25, 0.3) is 0 Å². The Morgan fingerprint density at radius 3 is 2.73 bits per heavy atom. The van der Waals surface area contributed by atoms with Crippen LogP contribution in [-0.4, -0.2) is 18.8 Å². The van der Waals surface area contributed by atoms with Crippen molar-refractivity contribution in [1.82, 2.24) is 5.32 Å². The van der Waals surface area contributed by atoms with Gasteiger partial charge in [0.2, 0.25) is 0 Å². The third-order valence-electron chi connectivity index (χ3n) is 2.86. The van der Waals surface area contributed by atoms with E-state index in [1.807, 2.05) is 12.1 Å². The van der Waals surface area contributed by atoms with Gasteiger partial charge in [-0.2, -0.15) is 0 Å². The van der Waals surface area contributed by atoms with Crippen molar-refractivity contribution in [3.8, 4) is 0 Å². The van der Waals surface area contributed by atoms with Crippen molar-refractivity contribution in [1.29, 1.82) is 0 Å². The lowest BCUT2D eigenvalue weighted by molar-refractivity contribution is 0.113. The summed E-state index contributed by atoms with van der Waals surface area (Å²) in [6, 6.07) is 8.44. The molecule has 1 N–H and O–H groups in total. The molecule has 1 saturated heterocycles. The lowest BCUT2D eigenvalue weighted by Gasteiger charge is -2.15. The van der Waals surface area contributed by atoms with Crippen LogP contribution in [0.5, 0.6) is 0 Å². The first-order valence-electron chi connectivity index (χ1n) is 5.35. The minimum atomic E-state index is 0.331. The summed E-state index contributed by atoms with van der Waals surface area (Å²) in [6.45, 7) is 3.88. The fourth-order valence-electron chi connectivity index (χ4n) is 1.85. The van der Waals surface area contributed by atoms with Crippen LogP contribution in [0.15, 0.2) is 24.3 Å². The van der Waals surface area contributed by atoms with Crippen molar-refractivity contribution in [3.63, 3.8) is 0 Å². The summed E-state index contributed by atoms with van der Waals surface area (Å²) in [7, 11) is 0. The molecule has 0 aromatic heterocycles.